The van der Waals surface area contributed by atoms with Gasteiger partial charge in [0.2, 0.25) is 0 Å². The summed E-state index contributed by atoms with van der Waals surface area (Å²) >= 11 is 12.1. The molecule has 1 aromatic rings. The van der Waals surface area contributed by atoms with Crippen molar-refractivity contribution in [3.63, 3.8) is 0 Å². The third-order valence-electron chi connectivity index (χ3n) is 2.01. The molecule has 0 aromatic carbocycles. The van der Waals surface area contributed by atoms with Crippen LogP contribution in [0.2, 0.25) is 5.02 Å². The Balaban J connectivity index is 3.52. The van der Waals surface area contributed by atoms with E-state index in [1.807, 2.05) is 0 Å². The smallest absolute Gasteiger partial charge is 0.183 e. The Hall–Kier alpha value is 0.0300. The third kappa shape index (κ3) is 2.25. The van der Waals surface area contributed by atoms with Crippen LogP contribution in [0.4, 0.5) is 0 Å². The van der Waals surface area contributed by atoms with E-state index < -0.39 is 15.1 Å². The summed E-state index contributed by atoms with van der Waals surface area (Å²) < 4.78 is 24.0. The molecule has 15 heavy (non-hydrogen) atoms. The molecule has 1 rings (SSSR count). The number of aryl methyl sites for hydroxylation is 1. The topological polar surface area (TPSA) is 34.1 Å². The van der Waals surface area contributed by atoms with Crippen molar-refractivity contribution in [1.29, 1.82) is 0 Å². The molecule has 0 aliphatic carbocycles. The molecular formula is C9H11ClO2S3. The van der Waals surface area contributed by atoms with Crippen LogP contribution in [0.1, 0.15) is 23.6 Å². The van der Waals surface area contributed by atoms with Crippen molar-refractivity contribution in [1.82, 2.24) is 0 Å². The third-order valence-corrected chi connectivity index (χ3v) is 6.51. The van der Waals surface area contributed by atoms with Gasteiger partial charge in [-0.1, -0.05) is 23.8 Å². The second kappa shape index (κ2) is 4.49. The summed E-state index contributed by atoms with van der Waals surface area (Å²) in [6.07, 6.45) is 0. The first-order valence-electron chi connectivity index (χ1n) is 4.30. The van der Waals surface area contributed by atoms with Crippen molar-refractivity contribution in [3.05, 3.63) is 14.8 Å². The van der Waals surface area contributed by atoms with E-state index in [0.29, 0.717) is 9.75 Å². The van der Waals surface area contributed by atoms with Gasteiger partial charge in [-0.3, -0.25) is 0 Å². The van der Waals surface area contributed by atoms with Gasteiger partial charge < -0.3 is 0 Å². The van der Waals surface area contributed by atoms with Crippen LogP contribution in [0.3, 0.4) is 0 Å². The van der Waals surface area contributed by atoms with E-state index in [9.17, 15) is 8.42 Å². The molecule has 0 unspecified atom stereocenters. The van der Waals surface area contributed by atoms with Crippen molar-refractivity contribution >= 4 is 50.4 Å². The highest BCUT2D eigenvalue weighted by molar-refractivity contribution is 7.92. The molecule has 6 heteroatoms. The Bertz CT molecular complexity index is 486. The average molecular weight is 283 g/mol. The van der Waals surface area contributed by atoms with Crippen LogP contribution >= 0.6 is 35.2 Å². The highest BCUT2D eigenvalue weighted by Crippen LogP contribution is 2.36. The highest BCUT2D eigenvalue weighted by atomic mass is 35.5. The van der Waals surface area contributed by atoms with E-state index in [4.69, 9.17) is 23.8 Å². The zero-order chi connectivity index (χ0) is 11.8. The Morgan fingerprint density at radius 2 is 2.00 bits per heavy atom. The van der Waals surface area contributed by atoms with Gasteiger partial charge in [0.1, 0.15) is 0 Å². The molecule has 0 aliphatic rings. The van der Waals surface area contributed by atoms with E-state index >= 15 is 0 Å². The maximum absolute atomic E-state index is 12.0. The molecule has 0 radical (unpaired) electrons. The van der Waals surface area contributed by atoms with E-state index in [0.717, 1.165) is 0 Å². The number of hydrogen-bond acceptors (Lipinski definition) is 4. The number of hydrogen-bond donors (Lipinski definition) is 0. The first-order chi connectivity index (χ1) is 6.82. The maximum atomic E-state index is 12.0. The van der Waals surface area contributed by atoms with Gasteiger partial charge in [-0.25, -0.2) is 8.42 Å². The summed E-state index contributed by atoms with van der Waals surface area (Å²) in [6, 6.07) is 0. The monoisotopic (exact) mass is 282 g/mol. The van der Waals surface area contributed by atoms with Crippen molar-refractivity contribution in [3.8, 4) is 0 Å². The van der Waals surface area contributed by atoms with Gasteiger partial charge in [0.25, 0.3) is 0 Å². The molecular weight excluding hydrogens is 272 g/mol. The zero-order valence-corrected chi connectivity index (χ0v) is 11.8. The maximum Gasteiger partial charge on any atom is 0.183 e. The molecule has 1 heterocycles. The van der Waals surface area contributed by atoms with Crippen LogP contribution < -0.4 is 0 Å². The Labute approximate surface area is 104 Å². The largest absolute Gasteiger partial charge is 0.223 e. The summed E-state index contributed by atoms with van der Waals surface area (Å²) in [5, 5.41) is 1.21. The minimum Gasteiger partial charge on any atom is -0.223 e. The fourth-order valence-corrected chi connectivity index (χ4v) is 4.71. The molecule has 0 bridgehead atoms. The second-order valence-corrected chi connectivity index (χ2v) is 7.69. The molecule has 0 N–H and O–H groups in total. The fourth-order valence-electron chi connectivity index (χ4n) is 1.16. The number of rotatable bonds is 3. The lowest BCUT2D eigenvalue weighted by molar-refractivity contribution is 0.587. The summed E-state index contributed by atoms with van der Waals surface area (Å²) in [7, 11) is -3.32. The highest BCUT2D eigenvalue weighted by Gasteiger charge is 2.27. The second-order valence-electron chi connectivity index (χ2n) is 3.38. The van der Waals surface area contributed by atoms with E-state index in [2.05, 4.69) is 0 Å². The quantitative estimate of drug-likeness (QED) is 0.798. The van der Waals surface area contributed by atoms with Gasteiger partial charge in [0, 0.05) is 10.2 Å². The molecule has 0 fully saturated rings. The van der Waals surface area contributed by atoms with Gasteiger partial charge in [-0.05, 0) is 20.8 Å². The minimum absolute atomic E-state index is 0.236. The van der Waals surface area contributed by atoms with Crippen LogP contribution in [0.25, 0.3) is 0 Å². The molecule has 1 aromatic heterocycles. The van der Waals surface area contributed by atoms with Gasteiger partial charge in [0.05, 0.1) is 20.0 Å². The van der Waals surface area contributed by atoms with Crippen molar-refractivity contribution in [2.24, 2.45) is 0 Å². The number of halogens is 1. The number of thiophene rings is 1. The van der Waals surface area contributed by atoms with Gasteiger partial charge in [0.15, 0.2) is 9.84 Å². The van der Waals surface area contributed by atoms with E-state index in [-0.39, 0.29) is 9.92 Å². The van der Waals surface area contributed by atoms with Crippen LogP contribution in [-0.2, 0) is 9.84 Å². The summed E-state index contributed by atoms with van der Waals surface area (Å²) in [5.41, 5.74) is 0. The number of thiocarbonyl (C=S) groups is 1. The first-order valence-corrected chi connectivity index (χ1v) is 7.51. The summed E-state index contributed by atoms with van der Waals surface area (Å²) in [5.74, 6) is 0. The standard InChI is InChI=1S/C9H11ClO2S3/c1-5(2)15(11,12)9-6(3)14-7(4-13)8(9)10/h4-5H,1-3H3. The van der Waals surface area contributed by atoms with Crippen LogP contribution in [0.15, 0.2) is 4.90 Å². The minimum atomic E-state index is -3.32. The molecule has 0 saturated heterocycles. The van der Waals surface area contributed by atoms with Crippen LogP contribution in [-0.4, -0.2) is 19.0 Å². The van der Waals surface area contributed by atoms with Crippen molar-refractivity contribution in [2.45, 2.75) is 30.9 Å². The molecule has 0 spiro atoms. The van der Waals surface area contributed by atoms with Gasteiger partial charge >= 0.3 is 0 Å². The first kappa shape index (κ1) is 13.1. The molecule has 84 valence electrons. The van der Waals surface area contributed by atoms with Crippen molar-refractivity contribution < 1.29 is 8.42 Å². The normalized spacial score (nSPS) is 12.1. The fraction of sp³-hybridized carbons (Fsp3) is 0.444. The predicted octanol–water partition coefficient (Wildman–Crippen LogP) is 3.24. The molecule has 0 saturated carbocycles. The number of sulfone groups is 1. The molecule has 2 nitrogen and oxygen atoms in total. The SMILES string of the molecule is Cc1sc(C=S)c(Cl)c1S(=O)(=O)C(C)C. The lowest BCUT2D eigenvalue weighted by Gasteiger charge is -2.07. The average Bonchev–Trinajstić information content (AvgIpc) is 2.41. The predicted molar refractivity (Wildman–Crippen MR) is 69.1 cm³/mol. The van der Waals surface area contributed by atoms with Crippen LogP contribution in [0.5, 0.6) is 0 Å². The van der Waals surface area contributed by atoms with E-state index in [1.54, 1.807) is 20.8 Å². The lowest BCUT2D eigenvalue weighted by atomic mass is 10.4. The van der Waals surface area contributed by atoms with Crippen LogP contribution in [0, 0.1) is 6.92 Å². The zero-order valence-electron chi connectivity index (χ0n) is 8.57. The van der Waals surface area contributed by atoms with E-state index in [1.165, 1.54) is 16.7 Å². The Kier molecular flexibility index (Phi) is 3.92. The Morgan fingerprint density at radius 1 is 1.47 bits per heavy atom. The molecule has 0 atom stereocenters. The summed E-state index contributed by atoms with van der Waals surface area (Å²) in [6.45, 7) is 5.02. The molecule has 0 amide bonds. The van der Waals surface area contributed by atoms with Gasteiger partial charge in [-0.2, -0.15) is 0 Å². The lowest BCUT2D eigenvalue weighted by Crippen LogP contribution is -2.14. The summed E-state index contributed by atoms with van der Waals surface area (Å²) in [4.78, 5) is 1.58. The molecule has 0 aliphatic heterocycles. The Morgan fingerprint density at radius 3 is 2.33 bits per heavy atom. The van der Waals surface area contributed by atoms with Gasteiger partial charge in [-0.15, -0.1) is 11.3 Å². The van der Waals surface area contributed by atoms with Crippen molar-refractivity contribution in [2.75, 3.05) is 0 Å².